The van der Waals surface area contributed by atoms with Crippen LogP contribution >= 0.6 is 0 Å². The molecule has 1 N–H and O–H groups in total. The number of carboxylic acids is 1. The number of nitrogens with zero attached hydrogens (tertiary/aromatic N) is 1. The van der Waals surface area contributed by atoms with E-state index in [0.29, 0.717) is 12.0 Å². The first-order valence-corrected chi connectivity index (χ1v) is 7.90. The maximum Gasteiger partial charge on any atom is 0.310 e. The minimum Gasteiger partial charge on any atom is -0.481 e. The smallest absolute Gasteiger partial charge is 0.310 e. The van der Waals surface area contributed by atoms with Gasteiger partial charge in [-0.2, -0.15) is 0 Å². The summed E-state index contributed by atoms with van der Waals surface area (Å²) in [6.45, 7) is 8.45. The molecule has 2 aliphatic rings. The normalized spacial score (nSPS) is 31.9. The third kappa shape index (κ3) is 3.71. The van der Waals surface area contributed by atoms with E-state index in [4.69, 9.17) is 0 Å². The summed E-state index contributed by atoms with van der Waals surface area (Å²) in [5.74, 6) is 0.814. The lowest BCUT2D eigenvalue weighted by molar-refractivity contribution is -0.154. The Morgan fingerprint density at radius 1 is 1.37 bits per heavy atom. The van der Waals surface area contributed by atoms with E-state index in [2.05, 4.69) is 25.7 Å². The highest BCUT2D eigenvalue weighted by Gasteiger charge is 2.44. The zero-order valence-electron chi connectivity index (χ0n) is 12.7. The minimum atomic E-state index is -0.569. The Hall–Kier alpha value is -0.570. The van der Waals surface area contributed by atoms with Gasteiger partial charge >= 0.3 is 5.97 Å². The molecular weight excluding hydrogens is 238 g/mol. The monoisotopic (exact) mass is 267 g/mol. The van der Waals surface area contributed by atoms with Gasteiger partial charge in [0, 0.05) is 19.1 Å². The van der Waals surface area contributed by atoms with Crippen molar-refractivity contribution in [1.82, 2.24) is 4.90 Å². The molecule has 0 radical (unpaired) electrons. The lowest BCUT2D eigenvalue weighted by Crippen LogP contribution is -2.48. The first-order valence-electron chi connectivity index (χ1n) is 7.90. The predicted octanol–water partition coefficient (Wildman–Crippen LogP) is 3.39. The Bertz CT molecular complexity index is 325. The van der Waals surface area contributed by atoms with Crippen LogP contribution in [0.1, 0.15) is 59.3 Å². The van der Waals surface area contributed by atoms with Crippen LogP contribution in [0.5, 0.6) is 0 Å². The molecule has 0 aromatic heterocycles. The SMILES string of the molecule is CC1CCCC(CN(CC2CC2)C(C)C)(C(=O)O)C1. The van der Waals surface area contributed by atoms with Crippen molar-refractivity contribution in [1.29, 1.82) is 0 Å². The summed E-state index contributed by atoms with van der Waals surface area (Å²) in [4.78, 5) is 14.3. The molecule has 2 unspecified atom stereocenters. The quantitative estimate of drug-likeness (QED) is 0.802. The van der Waals surface area contributed by atoms with E-state index in [-0.39, 0.29) is 0 Å². The Morgan fingerprint density at radius 2 is 2.05 bits per heavy atom. The molecule has 0 aromatic carbocycles. The molecule has 2 fully saturated rings. The maximum atomic E-state index is 11.9. The van der Waals surface area contributed by atoms with Crippen molar-refractivity contribution in [3.63, 3.8) is 0 Å². The number of hydrogen-bond acceptors (Lipinski definition) is 2. The van der Waals surface area contributed by atoms with Crippen LogP contribution in [0.4, 0.5) is 0 Å². The van der Waals surface area contributed by atoms with E-state index in [1.807, 2.05) is 0 Å². The Kier molecular flexibility index (Phi) is 4.54. The number of carbonyl (C=O) groups is 1. The highest BCUT2D eigenvalue weighted by molar-refractivity contribution is 5.75. The third-order valence-electron chi connectivity index (χ3n) is 4.97. The summed E-state index contributed by atoms with van der Waals surface area (Å²) in [6, 6.07) is 0.453. The molecule has 2 atom stereocenters. The van der Waals surface area contributed by atoms with Crippen molar-refractivity contribution in [2.45, 2.75) is 65.3 Å². The molecule has 2 aliphatic carbocycles. The highest BCUT2D eigenvalue weighted by Crippen LogP contribution is 2.41. The van der Waals surface area contributed by atoms with Gasteiger partial charge in [0.25, 0.3) is 0 Å². The van der Waals surface area contributed by atoms with E-state index >= 15 is 0 Å². The van der Waals surface area contributed by atoms with E-state index in [9.17, 15) is 9.90 Å². The molecule has 0 spiro atoms. The average molecular weight is 267 g/mol. The van der Waals surface area contributed by atoms with Crippen molar-refractivity contribution in [2.75, 3.05) is 13.1 Å². The number of carboxylic acid groups (broad SMARTS) is 1. The van der Waals surface area contributed by atoms with Gasteiger partial charge in [0.1, 0.15) is 0 Å². The molecule has 0 amide bonds. The van der Waals surface area contributed by atoms with Crippen molar-refractivity contribution in [2.24, 2.45) is 17.3 Å². The summed E-state index contributed by atoms with van der Waals surface area (Å²) in [5.41, 5.74) is -0.489. The summed E-state index contributed by atoms with van der Waals surface area (Å²) in [5, 5.41) is 9.76. The van der Waals surface area contributed by atoms with Crippen LogP contribution in [0.2, 0.25) is 0 Å². The predicted molar refractivity (Wildman–Crippen MR) is 77.1 cm³/mol. The van der Waals surface area contributed by atoms with E-state index in [1.165, 1.54) is 19.3 Å². The summed E-state index contributed by atoms with van der Waals surface area (Å²) in [7, 11) is 0. The lowest BCUT2D eigenvalue weighted by Gasteiger charge is -2.41. The largest absolute Gasteiger partial charge is 0.481 e. The summed E-state index contributed by atoms with van der Waals surface area (Å²) < 4.78 is 0. The molecule has 0 bridgehead atoms. The van der Waals surface area contributed by atoms with Gasteiger partial charge < -0.3 is 5.11 Å². The molecule has 110 valence electrons. The van der Waals surface area contributed by atoms with Crippen molar-refractivity contribution < 1.29 is 9.90 Å². The van der Waals surface area contributed by atoms with Gasteiger partial charge in [-0.25, -0.2) is 0 Å². The third-order valence-corrected chi connectivity index (χ3v) is 4.97. The molecule has 2 rings (SSSR count). The Morgan fingerprint density at radius 3 is 2.53 bits per heavy atom. The average Bonchev–Trinajstić information content (AvgIpc) is 3.11. The molecule has 19 heavy (non-hydrogen) atoms. The van der Waals surface area contributed by atoms with Crippen LogP contribution in [0.25, 0.3) is 0 Å². The number of rotatable bonds is 6. The highest BCUT2D eigenvalue weighted by atomic mass is 16.4. The van der Waals surface area contributed by atoms with Crippen LogP contribution in [0.15, 0.2) is 0 Å². The van der Waals surface area contributed by atoms with Crippen molar-refractivity contribution >= 4 is 5.97 Å². The number of aliphatic carboxylic acids is 1. The van der Waals surface area contributed by atoms with Crippen LogP contribution in [-0.2, 0) is 4.79 Å². The number of hydrogen-bond donors (Lipinski definition) is 1. The zero-order chi connectivity index (χ0) is 14.0. The van der Waals surface area contributed by atoms with E-state index in [1.54, 1.807) is 0 Å². The first-order chi connectivity index (χ1) is 8.93. The molecule has 2 saturated carbocycles. The molecule has 0 aliphatic heterocycles. The molecule has 0 aromatic rings. The van der Waals surface area contributed by atoms with Crippen LogP contribution in [0, 0.1) is 17.3 Å². The van der Waals surface area contributed by atoms with Gasteiger partial charge in [0.05, 0.1) is 5.41 Å². The lowest BCUT2D eigenvalue weighted by atomic mass is 9.69. The van der Waals surface area contributed by atoms with Gasteiger partial charge in [-0.05, 0) is 51.4 Å². The Labute approximate surface area is 117 Å². The second-order valence-corrected chi connectivity index (χ2v) is 7.25. The summed E-state index contributed by atoms with van der Waals surface area (Å²) in [6.07, 6.45) is 6.65. The second-order valence-electron chi connectivity index (χ2n) is 7.25. The fourth-order valence-electron chi connectivity index (χ4n) is 3.54. The molecular formula is C16H29NO2. The zero-order valence-corrected chi connectivity index (χ0v) is 12.7. The Balaban J connectivity index is 2.06. The van der Waals surface area contributed by atoms with Gasteiger partial charge in [-0.1, -0.05) is 19.8 Å². The van der Waals surface area contributed by atoms with Gasteiger partial charge in [0.2, 0.25) is 0 Å². The summed E-state index contributed by atoms with van der Waals surface area (Å²) >= 11 is 0. The van der Waals surface area contributed by atoms with E-state index < -0.39 is 11.4 Å². The fourth-order valence-corrected chi connectivity index (χ4v) is 3.54. The van der Waals surface area contributed by atoms with Gasteiger partial charge in [-0.15, -0.1) is 0 Å². The van der Waals surface area contributed by atoms with Crippen molar-refractivity contribution in [3.05, 3.63) is 0 Å². The molecule has 3 nitrogen and oxygen atoms in total. The topological polar surface area (TPSA) is 40.5 Å². The van der Waals surface area contributed by atoms with Gasteiger partial charge in [-0.3, -0.25) is 9.69 Å². The minimum absolute atomic E-state index is 0.453. The maximum absolute atomic E-state index is 11.9. The molecule has 0 saturated heterocycles. The van der Waals surface area contributed by atoms with Crippen LogP contribution in [-0.4, -0.2) is 35.1 Å². The second kappa shape index (κ2) is 5.82. The van der Waals surface area contributed by atoms with Crippen LogP contribution in [0.3, 0.4) is 0 Å². The van der Waals surface area contributed by atoms with Crippen LogP contribution < -0.4 is 0 Å². The van der Waals surface area contributed by atoms with E-state index in [0.717, 1.165) is 38.3 Å². The standard InChI is InChI=1S/C16H29NO2/c1-12(2)17(10-14-6-7-14)11-16(15(18)19)8-4-5-13(3)9-16/h12-14H,4-11H2,1-3H3,(H,18,19). The molecule has 0 heterocycles. The van der Waals surface area contributed by atoms with Gasteiger partial charge in [0.15, 0.2) is 0 Å². The van der Waals surface area contributed by atoms with Crippen molar-refractivity contribution in [3.8, 4) is 0 Å². The molecule has 3 heteroatoms. The fraction of sp³-hybridized carbons (Fsp3) is 0.938. The first kappa shape index (κ1) is 14.8.